The molecule has 0 spiro atoms. The molecule has 57 heavy (non-hydrogen) atoms. The Labute approximate surface area is 328 Å². The zero-order chi connectivity index (χ0) is 37.7. The lowest BCUT2D eigenvalue weighted by Gasteiger charge is -2.13. The van der Waals surface area contributed by atoms with Gasteiger partial charge in [0.2, 0.25) is 5.89 Å². The van der Waals surface area contributed by atoms with Crippen LogP contribution in [0.3, 0.4) is 0 Å². The van der Waals surface area contributed by atoms with Gasteiger partial charge < -0.3 is 4.42 Å². The fourth-order valence-corrected chi connectivity index (χ4v) is 7.89. The first-order valence-electron chi connectivity index (χ1n) is 19.0. The Morgan fingerprint density at radius 3 is 1.39 bits per heavy atom. The molecule has 0 radical (unpaired) electrons. The average molecular weight is 729 g/mol. The second-order valence-electron chi connectivity index (χ2n) is 14.3. The molecule has 0 atom stereocenters. The van der Waals surface area contributed by atoms with Crippen LogP contribution in [0.4, 0.5) is 0 Å². The van der Waals surface area contributed by atoms with Gasteiger partial charge in [-0.3, -0.25) is 0 Å². The molecule has 0 bridgehead atoms. The van der Waals surface area contributed by atoms with Crippen molar-refractivity contribution >= 4 is 43.4 Å². The van der Waals surface area contributed by atoms with E-state index in [1.807, 2.05) is 78.9 Å². The highest BCUT2D eigenvalue weighted by Crippen LogP contribution is 2.40. The highest BCUT2D eigenvalue weighted by atomic mass is 16.3. The minimum absolute atomic E-state index is 0.607. The Balaban J connectivity index is 1.10. The smallest absolute Gasteiger partial charge is 0.227 e. The van der Waals surface area contributed by atoms with E-state index in [9.17, 15) is 0 Å². The topological polar surface area (TPSA) is 64.7 Å². The molecule has 11 rings (SSSR count). The number of rotatable bonds is 6. The summed E-state index contributed by atoms with van der Waals surface area (Å²) in [5.74, 6) is 2.45. The largest absolute Gasteiger partial charge is 0.435 e. The van der Waals surface area contributed by atoms with Crippen LogP contribution in [0.1, 0.15) is 0 Å². The van der Waals surface area contributed by atoms with Crippen molar-refractivity contribution in [2.24, 2.45) is 0 Å². The molecule has 266 valence electrons. The summed E-state index contributed by atoms with van der Waals surface area (Å²) >= 11 is 0. The number of fused-ring (bicyclic) bond motifs is 7. The molecule has 11 aromatic rings. The number of hydrogen-bond acceptors (Lipinski definition) is 5. The van der Waals surface area contributed by atoms with Crippen LogP contribution < -0.4 is 0 Å². The molecular formula is C52H32N4O. The Bertz CT molecular complexity index is 3210. The normalized spacial score (nSPS) is 11.5. The van der Waals surface area contributed by atoms with Crippen molar-refractivity contribution < 1.29 is 4.42 Å². The molecule has 0 aliphatic heterocycles. The van der Waals surface area contributed by atoms with Gasteiger partial charge in [-0.2, -0.15) is 0 Å². The van der Waals surface area contributed by atoms with Gasteiger partial charge in [0, 0.05) is 33.0 Å². The Morgan fingerprint density at radius 2 is 0.772 bits per heavy atom. The van der Waals surface area contributed by atoms with Gasteiger partial charge in [0.25, 0.3) is 0 Å². The molecule has 0 N–H and O–H groups in total. The first-order chi connectivity index (χ1) is 28.2. The molecule has 0 amide bonds. The molecular weight excluding hydrogens is 697 g/mol. The van der Waals surface area contributed by atoms with E-state index in [1.165, 1.54) is 0 Å². The van der Waals surface area contributed by atoms with Gasteiger partial charge in [0.05, 0.1) is 0 Å². The zero-order valence-electron chi connectivity index (χ0n) is 30.7. The van der Waals surface area contributed by atoms with E-state index in [1.54, 1.807) is 0 Å². The van der Waals surface area contributed by atoms with Crippen LogP contribution in [0, 0.1) is 0 Å². The predicted molar refractivity (Wildman–Crippen MR) is 233 cm³/mol. The first-order valence-corrected chi connectivity index (χ1v) is 19.0. The van der Waals surface area contributed by atoms with E-state index < -0.39 is 0 Å². The molecule has 5 heteroatoms. The summed E-state index contributed by atoms with van der Waals surface area (Å²) in [6.07, 6.45) is 0. The summed E-state index contributed by atoms with van der Waals surface area (Å²) in [6.45, 7) is 0. The SMILES string of the molecule is c1ccc(-c2cc(-c3ccccc3)cc(-c3nc(-c4ccccc4)nc(-c4ccc5c(ccc6ccc7ccc8nc(-c9ccccc9)oc8c7c65)c4)n3)c2)cc1. The van der Waals surface area contributed by atoms with Crippen LogP contribution in [0.25, 0.3) is 111 Å². The van der Waals surface area contributed by atoms with Crippen LogP contribution in [-0.4, -0.2) is 19.9 Å². The molecule has 2 aromatic heterocycles. The third-order valence-corrected chi connectivity index (χ3v) is 10.7. The van der Waals surface area contributed by atoms with Crippen molar-refractivity contribution in [2.45, 2.75) is 0 Å². The molecule has 0 saturated carbocycles. The quantitative estimate of drug-likeness (QED) is 0.160. The molecule has 0 saturated heterocycles. The van der Waals surface area contributed by atoms with Crippen LogP contribution >= 0.6 is 0 Å². The van der Waals surface area contributed by atoms with Crippen molar-refractivity contribution in [1.82, 2.24) is 19.9 Å². The monoisotopic (exact) mass is 728 g/mol. The van der Waals surface area contributed by atoms with Crippen molar-refractivity contribution in [3.63, 3.8) is 0 Å². The predicted octanol–water partition coefficient (Wildman–Crippen LogP) is 13.5. The van der Waals surface area contributed by atoms with Gasteiger partial charge in [-0.25, -0.2) is 19.9 Å². The first kappa shape index (κ1) is 32.7. The van der Waals surface area contributed by atoms with Crippen molar-refractivity contribution in [3.05, 3.63) is 194 Å². The Morgan fingerprint density at radius 1 is 0.298 bits per heavy atom. The van der Waals surface area contributed by atoms with E-state index in [0.29, 0.717) is 23.4 Å². The van der Waals surface area contributed by atoms with Gasteiger partial charge in [0.15, 0.2) is 23.1 Å². The summed E-state index contributed by atoms with van der Waals surface area (Å²) < 4.78 is 6.56. The lowest BCUT2D eigenvalue weighted by molar-refractivity contribution is 0.623. The number of hydrogen-bond donors (Lipinski definition) is 0. The van der Waals surface area contributed by atoms with Crippen LogP contribution in [0.15, 0.2) is 199 Å². The maximum atomic E-state index is 6.56. The highest BCUT2D eigenvalue weighted by Gasteiger charge is 2.18. The standard InChI is InChI=1S/C52H32N4O/c1-5-13-33(14-6-1)41-30-42(34-15-7-2-8-16-34)32-43(31-41)51-55-49(37-17-9-3-10-18-37)54-50(56-51)40-25-27-44-39(29-40)24-23-35-21-22-36-26-28-45-48(47(36)46(35)44)57-52(53-45)38-19-11-4-12-20-38/h1-32H. The third-order valence-electron chi connectivity index (χ3n) is 10.7. The van der Waals surface area contributed by atoms with Crippen molar-refractivity contribution in [3.8, 4) is 67.9 Å². The van der Waals surface area contributed by atoms with Gasteiger partial charge in [0.1, 0.15) is 5.52 Å². The molecule has 9 aromatic carbocycles. The zero-order valence-corrected chi connectivity index (χ0v) is 30.7. The van der Waals surface area contributed by atoms with E-state index in [-0.39, 0.29) is 0 Å². The molecule has 0 aliphatic carbocycles. The van der Waals surface area contributed by atoms with E-state index in [0.717, 1.165) is 87.9 Å². The maximum absolute atomic E-state index is 6.56. The molecule has 5 nitrogen and oxygen atoms in total. The lowest BCUT2D eigenvalue weighted by atomic mass is 9.95. The van der Waals surface area contributed by atoms with Crippen LogP contribution in [-0.2, 0) is 0 Å². The summed E-state index contributed by atoms with van der Waals surface area (Å²) in [6, 6.07) is 67.1. The number of nitrogens with zero attached hydrogens (tertiary/aromatic N) is 4. The molecule has 0 unspecified atom stereocenters. The summed E-state index contributed by atoms with van der Waals surface area (Å²) in [7, 11) is 0. The number of aromatic nitrogens is 4. The number of benzene rings is 9. The Hall–Kier alpha value is -7.76. The highest BCUT2D eigenvalue weighted by molar-refractivity contribution is 6.26. The maximum Gasteiger partial charge on any atom is 0.227 e. The summed E-state index contributed by atoms with van der Waals surface area (Å²) in [5.41, 5.74) is 9.76. The second-order valence-corrected chi connectivity index (χ2v) is 14.3. The van der Waals surface area contributed by atoms with Gasteiger partial charge in [-0.15, -0.1) is 0 Å². The minimum Gasteiger partial charge on any atom is -0.435 e. The second kappa shape index (κ2) is 13.5. The molecule has 0 aliphatic rings. The van der Waals surface area contributed by atoms with Gasteiger partial charge >= 0.3 is 0 Å². The molecule has 2 heterocycles. The van der Waals surface area contributed by atoms with Crippen LogP contribution in [0.5, 0.6) is 0 Å². The lowest BCUT2D eigenvalue weighted by Crippen LogP contribution is -2.00. The van der Waals surface area contributed by atoms with Crippen LogP contribution in [0.2, 0.25) is 0 Å². The third kappa shape index (κ3) is 5.90. The fourth-order valence-electron chi connectivity index (χ4n) is 7.89. The summed E-state index contributed by atoms with van der Waals surface area (Å²) in [5, 5.41) is 6.61. The van der Waals surface area contributed by atoms with E-state index >= 15 is 0 Å². The minimum atomic E-state index is 0.607. The molecule has 0 fully saturated rings. The van der Waals surface area contributed by atoms with Gasteiger partial charge in [-0.05, 0) is 86.3 Å². The van der Waals surface area contributed by atoms with E-state index in [4.69, 9.17) is 24.4 Å². The summed E-state index contributed by atoms with van der Waals surface area (Å²) in [4.78, 5) is 20.3. The van der Waals surface area contributed by atoms with Crippen molar-refractivity contribution in [1.29, 1.82) is 0 Å². The number of oxazole rings is 1. The Kier molecular flexibility index (Phi) is 7.74. The van der Waals surface area contributed by atoms with Crippen molar-refractivity contribution in [2.75, 3.05) is 0 Å². The van der Waals surface area contributed by atoms with Gasteiger partial charge in [-0.1, -0.05) is 152 Å². The van der Waals surface area contributed by atoms with E-state index in [2.05, 4.69) is 115 Å². The fraction of sp³-hybridized carbons (Fsp3) is 0. The average Bonchev–Trinajstić information content (AvgIpc) is 3.74.